The van der Waals surface area contributed by atoms with Crippen LogP contribution in [0.2, 0.25) is 6.82 Å². The van der Waals surface area contributed by atoms with Crippen LogP contribution in [0.15, 0.2) is 12.4 Å². The number of hydrogen-bond acceptors (Lipinski definition) is 7. The molecule has 0 bridgehead atoms. The van der Waals surface area contributed by atoms with Crippen molar-refractivity contribution < 1.29 is 9.41 Å². The Morgan fingerprint density at radius 3 is 2.61 bits per heavy atom. The molecule has 0 radical (unpaired) electrons. The average Bonchev–Trinajstić information content (AvgIpc) is 3.29. The first-order valence-electron chi connectivity index (χ1n) is 11.6. The molecule has 1 N–H and O–H groups in total. The molecule has 6 nitrogen and oxygen atoms in total. The molecule has 31 heavy (non-hydrogen) atoms. The van der Waals surface area contributed by atoms with Crippen molar-refractivity contribution in [2.24, 2.45) is 11.3 Å². The van der Waals surface area contributed by atoms with Crippen molar-refractivity contribution in [2.75, 3.05) is 44.2 Å². The molecule has 3 aliphatic rings. The van der Waals surface area contributed by atoms with E-state index in [4.69, 9.17) is 0 Å². The Kier molecular flexibility index (Phi) is 5.32. The molecular weight excluding hydrogens is 412 g/mol. The van der Waals surface area contributed by atoms with Crippen molar-refractivity contribution in [2.45, 2.75) is 52.1 Å². The van der Waals surface area contributed by atoms with E-state index in [1.54, 1.807) is 24.5 Å². The third kappa shape index (κ3) is 3.57. The summed E-state index contributed by atoms with van der Waals surface area (Å²) in [6, 6.07) is 2.16. The van der Waals surface area contributed by atoms with Gasteiger partial charge in [-0.2, -0.15) is 0 Å². The highest BCUT2D eigenvalue weighted by Gasteiger charge is 2.59. The zero-order valence-electron chi connectivity index (χ0n) is 19.0. The van der Waals surface area contributed by atoms with Gasteiger partial charge >= 0.3 is 7.05 Å². The maximum Gasteiger partial charge on any atom is 0.376 e. The van der Waals surface area contributed by atoms with Gasteiger partial charge in [0.25, 0.3) is 0 Å². The number of nitrogens with zero attached hydrogens (tertiary/aromatic N) is 5. The summed E-state index contributed by atoms with van der Waals surface area (Å²) in [6.45, 7) is 12.7. The number of fused-ring (bicyclic) bond motifs is 1. The van der Waals surface area contributed by atoms with E-state index in [1.807, 2.05) is 4.81 Å². The zero-order chi connectivity index (χ0) is 22.0. The van der Waals surface area contributed by atoms with Crippen LogP contribution in [0, 0.1) is 11.3 Å². The fourth-order valence-electron chi connectivity index (χ4n) is 6.13. The van der Waals surface area contributed by atoms with Crippen molar-refractivity contribution in [1.82, 2.24) is 19.7 Å². The Labute approximate surface area is 188 Å². The van der Waals surface area contributed by atoms with Gasteiger partial charge in [0, 0.05) is 55.6 Å². The smallest absolute Gasteiger partial charge is 0.376 e. The Morgan fingerprint density at radius 2 is 1.97 bits per heavy atom. The van der Waals surface area contributed by atoms with E-state index in [2.05, 4.69) is 46.6 Å². The molecule has 5 rings (SSSR count). The summed E-state index contributed by atoms with van der Waals surface area (Å²) in [7, 11) is -0.571. The van der Waals surface area contributed by atoms with Crippen molar-refractivity contribution in [3.63, 3.8) is 0 Å². The van der Waals surface area contributed by atoms with Gasteiger partial charge in [-0.05, 0) is 31.6 Å². The molecule has 3 aliphatic heterocycles. The first-order chi connectivity index (χ1) is 14.7. The molecule has 1 atom stereocenters. The highest BCUT2D eigenvalue weighted by Crippen LogP contribution is 2.47. The minimum atomic E-state index is -1.23. The fourth-order valence-corrected chi connectivity index (χ4v) is 7.06. The monoisotopic (exact) mass is 445 g/mol. The highest BCUT2D eigenvalue weighted by atomic mass is 32.1. The van der Waals surface area contributed by atoms with E-state index in [1.165, 1.54) is 10.3 Å². The highest BCUT2D eigenvalue weighted by molar-refractivity contribution is 7.18. The van der Waals surface area contributed by atoms with Crippen LogP contribution in [-0.4, -0.2) is 82.7 Å². The van der Waals surface area contributed by atoms with Gasteiger partial charge in [0.2, 0.25) is 0 Å². The summed E-state index contributed by atoms with van der Waals surface area (Å²) in [5.41, 5.74) is -0.991. The van der Waals surface area contributed by atoms with Crippen LogP contribution in [0.3, 0.4) is 0 Å². The summed E-state index contributed by atoms with van der Waals surface area (Å²) >= 11 is 1.76. The third-order valence-corrected chi connectivity index (χ3v) is 8.73. The van der Waals surface area contributed by atoms with E-state index < -0.39 is 12.7 Å². The van der Waals surface area contributed by atoms with Gasteiger partial charge in [-0.3, -0.25) is 4.90 Å². The van der Waals surface area contributed by atoms with Gasteiger partial charge in [0.15, 0.2) is 0 Å². The summed E-state index contributed by atoms with van der Waals surface area (Å²) in [5.74, 6) is 1.31. The Hall–Kier alpha value is -1.29. The predicted octanol–water partition coefficient (Wildman–Crippen LogP) is 2.92. The maximum atomic E-state index is 15.7. The molecule has 168 valence electrons. The lowest BCUT2D eigenvalue weighted by atomic mass is 9.69. The molecule has 9 heteroatoms. The first-order valence-corrected chi connectivity index (χ1v) is 12.4. The molecular formula is C22H33BFN5OS. The maximum absolute atomic E-state index is 15.7. The fraction of sp³-hybridized carbons (Fsp3) is 0.727. The number of hydrogen-bond donors (Lipinski definition) is 1. The third-order valence-electron chi connectivity index (χ3n) is 7.54. The van der Waals surface area contributed by atoms with Gasteiger partial charge in [-0.15, -0.1) is 11.3 Å². The van der Waals surface area contributed by atoms with Crippen molar-refractivity contribution >= 4 is 34.4 Å². The lowest BCUT2D eigenvalue weighted by molar-refractivity contribution is -0.130. The van der Waals surface area contributed by atoms with Crippen molar-refractivity contribution in [3.8, 4) is 0 Å². The molecule has 5 heterocycles. The predicted molar refractivity (Wildman–Crippen MR) is 126 cm³/mol. The number of aryl methyl sites for hydroxylation is 1. The van der Waals surface area contributed by atoms with Crippen LogP contribution < -0.4 is 4.90 Å². The van der Waals surface area contributed by atoms with Gasteiger partial charge in [0.05, 0.1) is 5.39 Å². The number of thiophene rings is 1. The molecule has 2 aromatic rings. The first kappa shape index (κ1) is 21.6. The molecule has 0 amide bonds. The van der Waals surface area contributed by atoms with Crippen LogP contribution in [0.1, 0.15) is 32.1 Å². The number of aromatic nitrogens is 2. The van der Waals surface area contributed by atoms with Crippen LogP contribution in [0.4, 0.5) is 10.2 Å². The number of anilines is 1. The molecule has 3 fully saturated rings. The number of rotatable bonds is 6. The topological polar surface area (TPSA) is 55.7 Å². The summed E-state index contributed by atoms with van der Waals surface area (Å²) in [4.78, 5) is 18.1. The Morgan fingerprint density at radius 1 is 1.23 bits per heavy atom. The molecule has 0 aliphatic carbocycles. The molecule has 1 spiro atoms. The lowest BCUT2D eigenvalue weighted by Gasteiger charge is -2.59. The minimum Gasteiger partial charge on any atom is -0.437 e. The van der Waals surface area contributed by atoms with E-state index in [0.717, 1.165) is 49.7 Å². The molecule has 0 aromatic carbocycles. The van der Waals surface area contributed by atoms with E-state index in [0.29, 0.717) is 13.1 Å². The van der Waals surface area contributed by atoms with Gasteiger partial charge in [0.1, 0.15) is 22.6 Å². The van der Waals surface area contributed by atoms with E-state index in [9.17, 15) is 5.02 Å². The second-order valence-electron chi connectivity index (χ2n) is 10.3. The van der Waals surface area contributed by atoms with Crippen LogP contribution >= 0.6 is 11.3 Å². The van der Waals surface area contributed by atoms with Gasteiger partial charge in [-0.1, -0.05) is 20.8 Å². The van der Waals surface area contributed by atoms with E-state index >= 15 is 4.39 Å². The molecule has 0 saturated carbocycles. The number of alkyl halides is 1. The zero-order valence-corrected chi connectivity index (χ0v) is 19.8. The van der Waals surface area contributed by atoms with Crippen molar-refractivity contribution in [1.29, 1.82) is 0 Å². The van der Waals surface area contributed by atoms with Crippen LogP contribution in [-0.2, 0) is 6.42 Å². The second kappa shape index (κ2) is 7.64. The van der Waals surface area contributed by atoms with Gasteiger partial charge in [-0.25, -0.2) is 14.4 Å². The SMILES string of the molecule is CCc1cc2c(N3CCC4(C3)CN(C(C(C)C)C3(F)CN(B(C)O)C3)C4)ncnc2s1. The summed E-state index contributed by atoms with van der Waals surface area (Å²) in [6.07, 6.45) is 3.84. The van der Waals surface area contributed by atoms with Crippen LogP contribution in [0.5, 0.6) is 0 Å². The Bertz CT molecular complexity index is 957. The normalized spacial score (nSPS) is 24.0. The molecule has 1 unspecified atom stereocenters. The largest absolute Gasteiger partial charge is 0.437 e. The van der Waals surface area contributed by atoms with Gasteiger partial charge < -0.3 is 14.7 Å². The quantitative estimate of drug-likeness (QED) is 0.691. The minimum absolute atomic E-state index is 0.0862. The molecule has 2 aromatic heterocycles. The second-order valence-corrected chi connectivity index (χ2v) is 11.4. The Balaban J connectivity index is 1.28. The van der Waals surface area contributed by atoms with E-state index in [-0.39, 0.29) is 17.4 Å². The number of halogens is 1. The molecule has 3 saturated heterocycles. The number of likely N-dealkylation sites (tertiary alicyclic amines) is 1. The van der Waals surface area contributed by atoms with Crippen LogP contribution in [0.25, 0.3) is 10.2 Å². The average molecular weight is 445 g/mol. The standard InChI is InChI=1S/C22H33BFN5OS/c1-5-16-8-17-19(25-14-26-20(17)31-16)27-7-6-21(9-27)10-28(11-21)18(15(2)3)22(24)12-29(13-22)23(4)30/h8,14-15,18,30H,5-7,9-13H2,1-4H3. The lowest BCUT2D eigenvalue weighted by Crippen LogP contribution is -2.75. The summed E-state index contributed by atoms with van der Waals surface area (Å²) < 4.78 is 15.7. The summed E-state index contributed by atoms with van der Waals surface area (Å²) in [5, 5.41) is 10.9. The van der Waals surface area contributed by atoms with Crippen molar-refractivity contribution in [3.05, 3.63) is 17.3 Å².